The number of hydrogen-bond acceptors (Lipinski definition) is 6. The molecule has 1 amide bonds. The predicted molar refractivity (Wildman–Crippen MR) is 134 cm³/mol. The number of benzene rings is 2. The van der Waals surface area contributed by atoms with Gasteiger partial charge >= 0.3 is 0 Å². The highest BCUT2D eigenvalue weighted by molar-refractivity contribution is 9.10. The predicted octanol–water partition coefficient (Wildman–Crippen LogP) is 6.30. The lowest BCUT2D eigenvalue weighted by Gasteiger charge is -2.08. The Morgan fingerprint density at radius 2 is 2.03 bits per heavy atom. The summed E-state index contributed by atoms with van der Waals surface area (Å²) in [5.74, 6) is 0.188. The van der Waals surface area contributed by atoms with E-state index in [2.05, 4.69) is 26.3 Å². The first-order valence-corrected chi connectivity index (χ1v) is 11.6. The third-order valence-corrected chi connectivity index (χ3v) is 6.65. The summed E-state index contributed by atoms with van der Waals surface area (Å²) in [5, 5.41) is 18.5. The molecule has 2 aromatic heterocycles. The summed E-state index contributed by atoms with van der Waals surface area (Å²) in [5.41, 5.74) is 3.39. The van der Waals surface area contributed by atoms with Gasteiger partial charge in [0.1, 0.15) is 18.1 Å². The Labute approximate surface area is 213 Å². The number of nitrogens with one attached hydrogen (secondary N) is 1. The normalized spacial score (nSPS) is 10.9. The zero-order chi connectivity index (χ0) is 25.1. The van der Waals surface area contributed by atoms with Crippen LogP contribution in [0, 0.1) is 24.0 Å². The van der Waals surface area contributed by atoms with Crippen molar-refractivity contribution in [3.63, 3.8) is 0 Å². The van der Waals surface area contributed by atoms with E-state index in [1.54, 1.807) is 12.1 Å². The van der Waals surface area contributed by atoms with Crippen LogP contribution < -0.4 is 10.1 Å². The van der Waals surface area contributed by atoms with Gasteiger partial charge in [-0.05, 0) is 65.7 Å². The Kier molecular flexibility index (Phi) is 7.23. The minimum atomic E-state index is -0.538. The molecule has 0 aliphatic carbocycles. The van der Waals surface area contributed by atoms with Gasteiger partial charge < -0.3 is 14.5 Å². The third kappa shape index (κ3) is 5.72. The van der Waals surface area contributed by atoms with Crippen molar-refractivity contribution < 1.29 is 18.9 Å². The van der Waals surface area contributed by atoms with Crippen LogP contribution in [0.3, 0.4) is 0 Å². The number of non-ortho nitro benzene ring substituents is 1. The summed E-state index contributed by atoms with van der Waals surface area (Å²) in [6.07, 6.45) is 0. The van der Waals surface area contributed by atoms with E-state index in [1.165, 1.54) is 24.3 Å². The molecule has 0 bridgehead atoms. The van der Waals surface area contributed by atoms with Crippen LogP contribution in [0.1, 0.15) is 33.3 Å². The number of ether oxygens (including phenoxy) is 1. The van der Waals surface area contributed by atoms with Crippen LogP contribution in [0.5, 0.6) is 5.75 Å². The molecule has 4 aromatic rings. The number of aromatic nitrogens is 2. The summed E-state index contributed by atoms with van der Waals surface area (Å²) < 4.78 is 14.0. The van der Waals surface area contributed by atoms with Crippen LogP contribution in [0.15, 0.2) is 63.5 Å². The fraction of sp³-hybridized carbons (Fsp3) is 0.167. The second-order valence-electron chi connectivity index (χ2n) is 7.72. The number of aryl methyl sites for hydroxylation is 1. The maximum atomic E-state index is 12.7. The van der Waals surface area contributed by atoms with E-state index in [4.69, 9.17) is 20.8 Å². The third-order valence-electron chi connectivity index (χ3n) is 5.19. The lowest BCUT2D eigenvalue weighted by atomic mass is 10.2. The lowest BCUT2D eigenvalue weighted by molar-refractivity contribution is -0.384. The molecule has 0 unspecified atom stereocenters. The molecule has 0 aliphatic heterocycles. The number of nitro groups is 1. The highest BCUT2D eigenvalue weighted by atomic mass is 79.9. The van der Waals surface area contributed by atoms with Crippen LogP contribution in [0.2, 0.25) is 5.02 Å². The first kappa shape index (κ1) is 24.5. The summed E-state index contributed by atoms with van der Waals surface area (Å²) in [6, 6.07) is 14.5. The van der Waals surface area contributed by atoms with Crippen LogP contribution in [-0.2, 0) is 13.2 Å². The Morgan fingerprint density at radius 3 is 2.74 bits per heavy atom. The van der Waals surface area contributed by atoms with Crippen molar-refractivity contribution in [3.05, 3.63) is 103 Å². The van der Waals surface area contributed by atoms with Crippen LogP contribution in [0.4, 0.5) is 11.4 Å². The molecule has 2 aromatic carbocycles. The first-order chi connectivity index (χ1) is 16.7. The molecule has 2 heterocycles. The Hall–Kier alpha value is -3.63. The fourth-order valence-corrected chi connectivity index (χ4v) is 3.84. The largest absolute Gasteiger partial charge is 0.484 e. The van der Waals surface area contributed by atoms with Gasteiger partial charge in [-0.15, -0.1) is 0 Å². The number of furan rings is 1. The summed E-state index contributed by atoms with van der Waals surface area (Å²) in [7, 11) is 0. The molecule has 4 rings (SSSR count). The lowest BCUT2D eigenvalue weighted by Crippen LogP contribution is -2.11. The average Bonchev–Trinajstić information content (AvgIpc) is 3.39. The van der Waals surface area contributed by atoms with Gasteiger partial charge in [-0.2, -0.15) is 5.10 Å². The second-order valence-corrected chi connectivity index (χ2v) is 8.92. The van der Waals surface area contributed by atoms with E-state index >= 15 is 0 Å². The van der Waals surface area contributed by atoms with Crippen molar-refractivity contribution in [2.45, 2.75) is 27.0 Å². The van der Waals surface area contributed by atoms with E-state index < -0.39 is 10.8 Å². The molecule has 11 heteroatoms. The molecule has 9 nitrogen and oxygen atoms in total. The van der Waals surface area contributed by atoms with Gasteiger partial charge in [-0.25, -0.2) is 0 Å². The Balaban J connectivity index is 1.39. The van der Waals surface area contributed by atoms with Crippen LogP contribution >= 0.6 is 27.5 Å². The Morgan fingerprint density at radius 1 is 1.23 bits per heavy atom. The topological polar surface area (TPSA) is 112 Å². The average molecular weight is 560 g/mol. The number of halogens is 2. The smallest absolute Gasteiger partial charge is 0.291 e. The van der Waals surface area contributed by atoms with Crippen LogP contribution in [0.25, 0.3) is 0 Å². The number of amides is 1. The molecule has 1 N–H and O–H groups in total. The number of anilines is 1. The molecule has 0 fully saturated rings. The minimum absolute atomic E-state index is 0.0537. The number of hydrogen-bond donors (Lipinski definition) is 1. The summed E-state index contributed by atoms with van der Waals surface area (Å²) in [6.45, 7) is 4.43. The number of nitrogens with zero attached hydrogens (tertiary/aromatic N) is 3. The van der Waals surface area contributed by atoms with Gasteiger partial charge in [-0.3, -0.25) is 19.6 Å². The van der Waals surface area contributed by atoms with Gasteiger partial charge in [-0.1, -0.05) is 23.7 Å². The van der Waals surface area contributed by atoms with Crippen molar-refractivity contribution in [2.75, 3.05) is 5.32 Å². The highest BCUT2D eigenvalue weighted by Gasteiger charge is 2.15. The standard InChI is InChI=1S/C24H20BrClN4O5/c1-14-23(25)15(2)29(28-14)12-16-4-3-5-17(10-16)27-24(31)21-9-7-19(35-21)13-34-22-11-18(30(32)33)6-8-20(22)26/h3-11H,12-13H2,1-2H3,(H,27,31). The highest BCUT2D eigenvalue weighted by Crippen LogP contribution is 2.29. The number of carbonyl (C=O) groups excluding carboxylic acids is 1. The molecular weight excluding hydrogens is 540 g/mol. The Bertz CT molecular complexity index is 1410. The molecule has 0 atom stereocenters. The number of rotatable bonds is 8. The fourth-order valence-electron chi connectivity index (χ4n) is 3.38. The van der Waals surface area contributed by atoms with E-state index in [0.29, 0.717) is 18.0 Å². The maximum absolute atomic E-state index is 12.7. The van der Waals surface area contributed by atoms with Crippen LogP contribution in [-0.4, -0.2) is 20.6 Å². The number of nitro benzene ring substituents is 1. The molecule has 0 saturated carbocycles. The van der Waals surface area contributed by atoms with Crippen molar-refractivity contribution in [1.82, 2.24) is 9.78 Å². The van der Waals surface area contributed by atoms with E-state index in [0.717, 1.165) is 21.4 Å². The molecule has 0 spiro atoms. The molecule has 0 aliphatic rings. The monoisotopic (exact) mass is 558 g/mol. The first-order valence-electron chi connectivity index (χ1n) is 10.5. The quantitative estimate of drug-likeness (QED) is 0.200. The minimum Gasteiger partial charge on any atom is -0.484 e. The van der Waals surface area contributed by atoms with Gasteiger partial charge in [0.15, 0.2) is 5.76 Å². The molecule has 35 heavy (non-hydrogen) atoms. The molecular formula is C24H20BrClN4O5. The zero-order valence-corrected chi connectivity index (χ0v) is 21.1. The molecule has 0 radical (unpaired) electrons. The molecule has 0 saturated heterocycles. The van der Waals surface area contributed by atoms with E-state index in [9.17, 15) is 14.9 Å². The SMILES string of the molecule is Cc1nn(Cc2cccc(NC(=O)c3ccc(COc4cc([N+](=O)[O-])ccc4Cl)o3)c2)c(C)c1Br. The van der Waals surface area contributed by atoms with E-state index in [1.807, 2.05) is 36.7 Å². The van der Waals surface area contributed by atoms with Crippen molar-refractivity contribution in [3.8, 4) is 5.75 Å². The van der Waals surface area contributed by atoms with Gasteiger partial charge in [0.25, 0.3) is 11.6 Å². The van der Waals surface area contributed by atoms with Gasteiger partial charge in [0, 0.05) is 11.8 Å². The second kappa shape index (κ2) is 10.3. The van der Waals surface area contributed by atoms with Crippen molar-refractivity contribution in [2.24, 2.45) is 0 Å². The van der Waals surface area contributed by atoms with Gasteiger partial charge in [0.2, 0.25) is 0 Å². The number of carbonyl (C=O) groups is 1. The zero-order valence-electron chi connectivity index (χ0n) is 18.7. The van der Waals surface area contributed by atoms with E-state index in [-0.39, 0.29) is 28.8 Å². The summed E-state index contributed by atoms with van der Waals surface area (Å²) >= 11 is 9.58. The molecule has 180 valence electrons. The summed E-state index contributed by atoms with van der Waals surface area (Å²) in [4.78, 5) is 23.1. The van der Waals surface area contributed by atoms with Crippen molar-refractivity contribution in [1.29, 1.82) is 0 Å². The van der Waals surface area contributed by atoms with Gasteiger partial charge in [0.05, 0.1) is 38.4 Å². The van der Waals surface area contributed by atoms with Crippen molar-refractivity contribution >= 4 is 44.8 Å². The maximum Gasteiger partial charge on any atom is 0.291 e.